The summed E-state index contributed by atoms with van der Waals surface area (Å²) >= 11 is 0. The molecule has 0 atom stereocenters. The van der Waals surface area contributed by atoms with E-state index in [-0.39, 0.29) is 5.91 Å². The Morgan fingerprint density at radius 1 is 0.885 bits per heavy atom. The number of carbonyl (C=O) groups is 2. The molecule has 26 heavy (non-hydrogen) atoms. The van der Waals surface area contributed by atoms with E-state index in [9.17, 15) is 9.59 Å². The second-order valence-corrected chi connectivity index (χ2v) is 6.35. The molecule has 134 valence electrons. The van der Waals surface area contributed by atoms with Gasteiger partial charge in [0.25, 0.3) is 5.91 Å². The maximum absolute atomic E-state index is 12.6. The van der Waals surface area contributed by atoms with Crippen LogP contribution in [0.1, 0.15) is 26.3 Å². The molecule has 2 N–H and O–H groups in total. The van der Waals surface area contributed by atoms with E-state index in [1.807, 2.05) is 23.1 Å². The van der Waals surface area contributed by atoms with Gasteiger partial charge in [-0.2, -0.15) is 0 Å². The van der Waals surface area contributed by atoms with E-state index < -0.39 is 5.91 Å². The number of primary amides is 1. The number of piperazine rings is 1. The summed E-state index contributed by atoms with van der Waals surface area (Å²) in [6.07, 6.45) is 4.28. The van der Waals surface area contributed by atoms with Crippen molar-refractivity contribution in [3.05, 3.63) is 77.4 Å². The molecule has 0 saturated carbocycles. The first-order chi connectivity index (χ1) is 12.6. The molecule has 1 fully saturated rings. The van der Waals surface area contributed by atoms with Crippen LogP contribution in [0.4, 0.5) is 0 Å². The molecule has 2 amide bonds. The molecule has 0 unspecified atom stereocenters. The Bertz CT molecular complexity index is 777. The van der Waals surface area contributed by atoms with Gasteiger partial charge in [-0.05, 0) is 29.8 Å². The summed E-state index contributed by atoms with van der Waals surface area (Å²) in [6, 6.07) is 16.7. The topological polar surface area (TPSA) is 66.6 Å². The van der Waals surface area contributed by atoms with Gasteiger partial charge in [-0.1, -0.05) is 42.5 Å². The van der Waals surface area contributed by atoms with Gasteiger partial charge in [-0.3, -0.25) is 14.5 Å². The lowest BCUT2D eigenvalue weighted by Gasteiger charge is -2.34. The first kappa shape index (κ1) is 17.9. The summed E-state index contributed by atoms with van der Waals surface area (Å²) < 4.78 is 0. The van der Waals surface area contributed by atoms with Crippen molar-refractivity contribution in [3.63, 3.8) is 0 Å². The third-order valence-electron chi connectivity index (χ3n) is 4.55. The van der Waals surface area contributed by atoms with Crippen LogP contribution in [-0.2, 0) is 0 Å². The van der Waals surface area contributed by atoms with Gasteiger partial charge in [0.15, 0.2) is 0 Å². The zero-order chi connectivity index (χ0) is 18.4. The fourth-order valence-electron chi connectivity index (χ4n) is 3.00. The number of benzene rings is 2. The lowest BCUT2D eigenvalue weighted by molar-refractivity contribution is 0.0650. The number of nitrogens with two attached hydrogens (primary N) is 1. The Hall–Kier alpha value is -2.92. The first-order valence-electron chi connectivity index (χ1n) is 8.76. The Balaban J connectivity index is 1.49. The number of hydrogen-bond donors (Lipinski definition) is 1. The highest BCUT2D eigenvalue weighted by molar-refractivity contribution is 5.97. The van der Waals surface area contributed by atoms with Crippen LogP contribution in [0.3, 0.4) is 0 Å². The third kappa shape index (κ3) is 4.58. The molecule has 0 bridgehead atoms. The molecule has 0 aromatic heterocycles. The Labute approximate surface area is 153 Å². The smallest absolute Gasteiger partial charge is 0.253 e. The Morgan fingerprint density at radius 3 is 2.12 bits per heavy atom. The summed E-state index contributed by atoms with van der Waals surface area (Å²) in [4.78, 5) is 27.9. The molecule has 0 aliphatic carbocycles. The van der Waals surface area contributed by atoms with Gasteiger partial charge in [0.2, 0.25) is 5.91 Å². The van der Waals surface area contributed by atoms with Crippen LogP contribution >= 0.6 is 0 Å². The van der Waals surface area contributed by atoms with Crippen molar-refractivity contribution in [2.45, 2.75) is 0 Å². The first-order valence-corrected chi connectivity index (χ1v) is 8.76. The van der Waals surface area contributed by atoms with Gasteiger partial charge in [-0.15, -0.1) is 0 Å². The molecule has 1 aliphatic heterocycles. The summed E-state index contributed by atoms with van der Waals surface area (Å²) in [5, 5.41) is 0. The maximum Gasteiger partial charge on any atom is 0.253 e. The zero-order valence-corrected chi connectivity index (χ0v) is 14.7. The molecule has 5 nitrogen and oxygen atoms in total. The van der Waals surface area contributed by atoms with Crippen molar-refractivity contribution in [3.8, 4) is 0 Å². The van der Waals surface area contributed by atoms with Crippen molar-refractivity contribution in [2.24, 2.45) is 5.73 Å². The van der Waals surface area contributed by atoms with E-state index in [1.54, 1.807) is 24.3 Å². The number of carbonyl (C=O) groups excluding carboxylic acids is 2. The molecule has 0 spiro atoms. The fourth-order valence-corrected chi connectivity index (χ4v) is 3.00. The lowest BCUT2D eigenvalue weighted by Crippen LogP contribution is -2.48. The van der Waals surface area contributed by atoms with E-state index >= 15 is 0 Å². The molecule has 0 radical (unpaired) electrons. The monoisotopic (exact) mass is 349 g/mol. The van der Waals surface area contributed by atoms with Gasteiger partial charge in [0.1, 0.15) is 0 Å². The minimum Gasteiger partial charge on any atom is -0.366 e. The Morgan fingerprint density at radius 2 is 1.50 bits per heavy atom. The standard InChI is InChI=1S/C21H23N3O2/c22-20(25)18-8-10-19(11-9-18)21(26)24-15-13-23(14-16-24)12-4-7-17-5-2-1-3-6-17/h1-11H,12-16H2,(H2,22,25)/b7-4+. The molecule has 5 heteroatoms. The fraction of sp³-hybridized carbons (Fsp3) is 0.238. The zero-order valence-electron chi connectivity index (χ0n) is 14.7. The summed E-state index contributed by atoms with van der Waals surface area (Å²) in [5.74, 6) is -0.485. The van der Waals surface area contributed by atoms with E-state index in [4.69, 9.17) is 5.73 Å². The third-order valence-corrected chi connectivity index (χ3v) is 4.55. The van der Waals surface area contributed by atoms with E-state index in [2.05, 4.69) is 29.2 Å². The molecular formula is C21H23N3O2. The largest absolute Gasteiger partial charge is 0.366 e. The molecule has 3 rings (SSSR count). The summed E-state index contributed by atoms with van der Waals surface area (Å²) in [6.45, 7) is 3.99. The second kappa shape index (κ2) is 8.45. The normalized spacial score (nSPS) is 15.3. The number of nitrogens with zero attached hydrogens (tertiary/aromatic N) is 2. The molecule has 1 heterocycles. The predicted molar refractivity (Wildman–Crippen MR) is 103 cm³/mol. The quantitative estimate of drug-likeness (QED) is 0.900. The van der Waals surface area contributed by atoms with Crippen molar-refractivity contribution < 1.29 is 9.59 Å². The Kier molecular flexibility index (Phi) is 5.81. The molecule has 1 saturated heterocycles. The minimum absolute atomic E-state index is 0.000461. The summed E-state index contributed by atoms with van der Waals surface area (Å²) in [5.41, 5.74) is 7.43. The predicted octanol–water partition coefficient (Wildman–Crippen LogP) is 2.26. The van der Waals surface area contributed by atoms with E-state index in [0.717, 1.165) is 19.6 Å². The maximum atomic E-state index is 12.6. The number of amides is 2. The van der Waals surface area contributed by atoms with Crippen molar-refractivity contribution in [1.82, 2.24) is 9.80 Å². The van der Waals surface area contributed by atoms with Crippen molar-refractivity contribution in [1.29, 1.82) is 0 Å². The average Bonchev–Trinajstić information content (AvgIpc) is 2.69. The lowest BCUT2D eigenvalue weighted by atomic mass is 10.1. The van der Waals surface area contributed by atoms with Crippen LogP contribution in [-0.4, -0.2) is 54.3 Å². The van der Waals surface area contributed by atoms with Gasteiger partial charge < -0.3 is 10.6 Å². The van der Waals surface area contributed by atoms with Gasteiger partial charge in [-0.25, -0.2) is 0 Å². The highest BCUT2D eigenvalue weighted by Crippen LogP contribution is 2.11. The number of hydrogen-bond acceptors (Lipinski definition) is 3. The van der Waals surface area contributed by atoms with Crippen LogP contribution in [0.15, 0.2) is 60.7 Å². The van der Waals surface area contributed by atoms with E-state index in [1.165, 1.54) is 5.56 Å². The SMILES string of the molecule is NC(=O)c1ccc(C(=O)N2CCN(C/C=C/c3ccccc3)CC2)cc1. The van der Waals surface area contributed by atoms with Crippen LogP contribution in [0.25, 0.3) is 6.08 Å². The minimum atomic E-state index is -0.485. The molecule has 1 aliphatic rings. The highest BCUT2D eigenvalue weighted by atomic mass is 16.2. The van der Waals surface area contributed by atoms with E-state index in [0.29, 0.717) is 24.2 Å². The van der Waals surface area contributed by atoms with Crippen LogP contribution in [0.2, 0.25) is 0 Å². The van der Waals surface area contributed by atoms with Gasteiger partial charge in [0, 0.05) is 43.9 Å². The van der Waals surface area contributed by atoms with Crippen LogP contribution < -0.4 is 5.73 Å². The van der Waals surface area contributed by atoms with Gasteiger partial charge in [0.05, 0.1) is 0 Å². The number of rotatable bonds is 5. The van der Waals surface area contributed by atoms with Crippen molar-refractivity contribution >= 4 is 17.9 Å². The van der Waals surface area contributed by atoms with Crippen LogP contribution in [0, 0.1) is 0 Å². The van der Waals surface area contributed by atoms with Crippen molar-refractivity contribution in [2.75, 3.05) is 32.7 Å². The molecule has 2 aromatic rings. The highest BCUT2D eigenvalue weighted by Gasteiger charge is 2.21. The van der Waals surface area contributed by atoms with Crippen LogP contribution in [0.5, 0.6) is 0 Å². The summed E-state index contributed by atoms with van der Waals surface area (Å²) in [7, 11) is 0. The average molecular weight is 349 g/mol. The second-order valence-electron chi connectivity index (χ2n) is 6.35. The molecule has 2 aromatic carbocycles. The molecular weight excluding hydrogens is 326 g/mol. The van der Waals surface area contributed by atoms with Gasteiger partial charge >= 0.3 is 0 Å².